The van der Waals surface area contributed by atoms with Gasteiger partial charge in [0, 0.05) is 25.1 Å². The number of nitrogens with zero attached hydrogens (tertiary/aromatic N) is 3. The monoisotopic (exact) mass is 247 g/mol. The highest BCUT2D eigenvalue weighted by atomic mass is 32.1. The van der Waals surface area contributed by atoms with Crippen molar-refractivity contribution < 1.29 is 0 Å². The van der Waals surface area contributed by atoms with Crippen LogP contribution in [0.3, 0.4) is 0 Å². The Morgan fingerprint density at radius 2 is 2.29 bits per heavy atom. The molecule has 3 N–H and O–H groups in total. The molecule has 0 unspecified atom stereocenters. The minimum absolute atomic E-state index is 0.298. The van der Waals surface area contributed by atoms with E-state index in [1.165, 1.54) is 0 Å². The number of thiocarbonyl (C=S) groups is 1. The molecule has 5 nitrogen and oxygen atoms in total. The maximum absolute atomic E-state index is 5.59. The van der Waals surface area contributed by atoms with Gasteiger partial charge in [-0.2, -0.15) is 5.10 Å². The van der Waals surface area contributed by atoms with Gasteiger partial charge in [0.25, 0.3) is 0 Å². The van der Waals surface area contributed by atoms with Gasteiger partial charge in [0.15, 0.2) is 0 Å². The Morgan fingerprint density at radius 1 is 1.41 bits per heavy atom. The first-order valence-electron chi connectivity index (χ1n) is 5.23. The first kappa shape index (κ1) is 11.5. The number of hydrogen-bond acceptors (Lipinski definition) is 4. The van der Waals surface area contributed by atoms with Gasteiger partial charge in [-0.15, -0.1) is 0 Å². The van der Waals surface area contributed by atoms with Gasteiger partial charge < -0.3 is 11.1 Å². The lowest BCUT2D eigenvalue weighted by Crippen LogP contribution is -2.17. The predicted octanol–water partition coefficient (Wildman–Crippen LogP) is 1.02. The molecule has 0 bridgehead atoms. The highest BCUT2D eigenvalue weighted by Crippen LogP contribution is 2.11. The molecule has 0 aromatic carbocycles. The van der Waals surface area contributed by atoms with Crippen molar-refractivity contribution in [1.29, 1.82) is 0 Å². The molecule has 2 aromatic rings. The van der Waals surface area contributed by atoms with E-state index in [1.54, 1.807) is 12.4 Å². The number of nitrogens with one attached hydrogen (secondary N) is 1. The van der Waals surface area contributed by atoms with Gasteiger partial charge in [-0.25, -0.2) is 0 Å². The molecule has 2 heterocycles. The third-order valence-electron chi connectivity index (χ3n) is 2.26. The van der Waals surface area contributed by atoms with E-state index in [4.69, 9.17) is 18.0 Å². The maximum Gasteiger partial charge on any atom is 0.124 e. The second-order valence-corrected chi connectivity index (χ2v) is 3.90. The normalized spacial score (nSPS) is 10.1. The van der Waals surface area contributed by atoms with E-state index in [1.807, 2.05) is 29.1 Å². The number of nitrogens with two attached hydrogens (primary N) is 1. The average Bonchev–Trinajstić information content (AvgIpc) is 2.82. The third kappa shape index (κ3) is 3.01. The summed E-state index contributed by atoms with van der Waals surface area (Å²) in [7, 11) is 0. The summed E-state index contributed by atoms with van der Waals surface area (Å²) in [5, 5.41) is 7.36. The average molecular weight is 247 g/mol. The van der Waals surface area contributed by atoms with E-state index in [2.05, 4.69) is 15.4 Å². The molecule has 6 heteroatoms. The summed E-state index contributed by atoms with van der Waals surface area (Å²) in [6.45, 7) is 1.52. The zero-order valence-corrected chi connectivity index (χ0v) is 10.0. The minimum Gasteiger partial charge on any atom is -0.388 e. The summed E-state index contributed by atoms with van der Waals surface area (Å²) in [4.78, 5) is 4.44. The summed E-state index contributed by atoms with van der Waals surface area (Å²) >= 11 is 4.94. The predicted molar refractivity (Wildman–Crippen MR) is 70.8 cm³/mol. The fraction of sp³-hybridized carbons (Fsp3) is 0.182. The fourth-order valence-corrected chi connectivity index (χ4v) is 1.64. The van der Waals surface area contributed by atoms with Gasteiger partial charge in [0.1, 0.15) is 10.7 Å². The van der Waals surface area contributed by atoms with Gasteiger partial charge in [-0.1, -0.05) is 12.2 Å². The SMILES string of the molecule is NC(=S)c1ncccc1NCCn1cccn1. The van der Waals surface area contributed by atoms with Crippen molar-refractivity contribution in [2.24, 2.45) is 5.73 Å². The Balaban J connectivity index is 1.97. The van der Waals surface area contributed by atoms with Gasteiger partial charge >= 0.3 is 0 Å². The van der Waals surface area contributed by atoms with Crippen LogP contribution in [0.1, 0.15) is 5.69 Å². The highest BCUT2D eigenvalue weighted by Gasteiger charge is 2.04. The van der Waals surface area contributed by atoms with Gasteiger partial charge in [-0.3, -0.25) is 9.67 Å². The van der Waals surface area contributed by atoms with Crippen molar-refractivity contribution in [3.05, 3.63) is 42.5 Å². The molecule has 0 aliphatic heterocycles. The summed E-state index contributed by atoms with van der Waals surface area (Å²) in [6.07, 6.45) is 5.34. The van der Waals surface area contributed by atoms with Crippen molar-refractivity contribution in [3.8, 4) is 0 Å². The smallest absolute Gasteiger partial charge is 0.124 e. The number of pyridine rings is 1. The fourth-order valence-electron chi connectivity index (χ4n) is 1.48. The first-order valence-corrected chi connectivity index (χ1v) is 5.64. The minimum atomic E-state index is 0.298. The molecule has 2 aromatic heterocycles. The molecule has 0 saturated heterocycles. The van der Waals surface area contributed by atoms with Crippen LogP contribution in [0.25, 0.3) is 0 Å². The molecule has 0 aliphatic carbocycles. The van der Waals surface area contributed by atoms with Gasteiger partial charge in [-0.05, 0) is 18.2 Å². The number of hydrogen-bond donors (Lipinski definition) is 2. The van der Waals surface area contributed by atoms with Crippen LogP contribution in [0.15, 0.2) is 36.8 Å². The Morgan fingerprint density at radius 3 is 3.00 bits per heavy atom. The van der Waals surface area contributed by atoms with E-state index in [9.17, 15) is 0 Å². The standard InChI is InChI=1S/C11H13N5S/c12-11(17)10-9(3-1-4-14-10)13-6-8-16-7-2-5-15-16/h1-5,7,13H,6,8H2,(H2,12,17). The van der Waals surface area contributed by atoms with Crippen LogP contribution in [0.2, 0.25) is 0 Å². The molecule has 88 valence electrons. The van der Waals surface area contributed by atoms with Crippen molar-refractivity contribution in [2.75, 3.05) is 11.9 Å². The molecule has 2 rings (SSSR count). The second-order valence-electron chi connectivity index (χ2n) is 3.46. The summed E-state index contributed by atoms with van der Waals surface area (Å²) in [6, 6.07) is 5.65. The molecule has 0 fully saturated rings. The Labute approximate surface area is 105 Å². The van der Waals surface area contributed by atoms with E-state index in [0.717, 1.165) is 18.8 Å². The van der Waals surface area contributed by atoms with Crippen LogP contribution in [-0.4, -0.2) is 26.3 Å². The number of anilines is 1. The molecular weight excluding hydrogens is 234 g/mol. The lowest BCUT2D eigenvalue weighted by molar-refractivity contribution is 0.638. The summed E-state index contributed by atoms with van der Waals surface area (Å²) in [5.41, 5.74) is 7.07. The second kappa shape index (κ2) is 5.40. The molecule has 0 saturated carbocycles. The topological polar surface area (TPSA) is 68.8 Å². The van der Waals surface area contributed by atoms with Crippen LogP contribution < -0.4 is 11.1 Å². The Bertz CT molecular complexity index is 494. The van der Waals surface area contributed by atoms with Crippen molar-refractivity contribution in [2.45, 2.75) is 6.54 Å². The Kier molecular flexibility index (Phi) is 3.66. The van der Waals surface area contributed by atoms with Crippen LogP contribution >= 0.6 is 12.2 Å². The third-order valence-corrected chi connectivity index (χ3v) is 2.45. The molecule has 0 atom stereocenters. The van der Waals surface area contributed by atoms with Gasteiger partial charge in [0.05, 0.1) is 12.2 Å². The van der Waals surface area contributed by atoms with Crippen LogP contribution in [-0.2, 0) is 6.54 Å². The van der Waals surface area contributed by atoms with Gasteiger partial charge in [0.2, 0.25) is 0 Å². The molecule has 0 radical (unpaired) electrons. The van der Waals surface area contributed by atoms with E-state index in [0.29, 0.717) is 10.7 Å². The number of rotatable bonds is 5. The van der Waals surface area contributed by atoms with Crippen molar-refractivity contribution in [1.82, 2.24) is 14.8 Å². The molecular formula is C11H13N5S. The van der Waals surface area contributed by atoms with Crippen LogP contribution in [0.4, 0.5) is 5.69 Å². The van der Waals surface area contributed by atoms with E-state index < -0.39 is 0 Å². The highest BCUT2D eigenvalue weighted by molar-refractivity contribution is 7.80. The van der Waals surface area contributed by atoms with Crippen LogP contribution in [0, 0.1) is 0 Å². The van der Waals surface area contributed by atoms with Crippen molar-refractivity contribution >= 4 is 22.9 Å². The lowest BCUT2D eigenvalue weighted by atomic mass is 10.3. The van der Waals surface area contributed by atoms with Crippen LogP contribution in [0.5, 0.6) is 0 Å². The first-order chi connectivity index (χ1) is 8.27. The molecule has 0 aliphatic rings. The largest absolute Gasteiger partial charge is 0.388 e. The van der Waals surface area contributed by atoms with E-state index in [-0.39, 0.29) is 0 Å². The Hall–Kier alpha value is -1.95. The number of aromatic nitrogens is 3. The summed E-state index contributed by atoms with van der Waals surface area (Å²) < 4.78 is 1.85. The lowest BCUT2D eigenvalue weighted by Gasteiger charge is -2.09. The zero-order valence-electron chi connectivity index (χ0n) is 9.21. The maximum atomic E-state index is 5.59. The van der Waals surface area contributed by atoms with E-state index >= 15 is 0 Å². The molecule has 0 amide bonds. The van der Waals surface area contributed by atoms with Crippen molar-refractivity contribution in [3.63, 3.8) is 0 Å². The zero-order chi connectivity index (χ0) is 12.1. The quantitative estimate of drug-likeness (QED) is 0.772. The summed E-state index contributed by atoms with van der Waals surface area (Å²) in [5.74, 6) is 0. The molecule has 0 spiro atoms. The molecule has 17 heavy (non-hydrogen) atoms.